The lowest BCUT2D eigenvalue weighted by Crippen LogP contribution is -2.43. The molecule has 0 bridgehead atoms. The molecule has 0 radical (unpaired) electrons. The van der Waals surface area contributed by atoms with Gasteiger partial charge in [0.05, 0.1) is 6.04 Å². The summed E-state index contributed by atoms with van der Waals surface area (Å²) in [6.45, 7) is 7.61. The number of aliphatic imine (C=N–C) groups is 1. The highest BCUT2D eigenvalue weighted by Crippen LogP contribution is 2.19. The average Bonchev–Trinajstić information content (AvgIpc) is 2.74. The lowest BCUT2D eigenvalue weighted by molar-refractivity contribution is 0.1000. The van der Waals surface area contributed by atoms with Gasteiger partial charge in [0.15, 0.2) is 5.96 Å². The first-order valence-corrected chi connectivity index (χ1v) is 9.71. The van der Waals surface area contributed by atoms with Crippen molar-refractivity contribution in [3.63, 3.8) is 0 Å². The van der Waals surface area contributed by atoms with Crippen molar-refractivity contribution in [2.75, 3.05) is 26.7 Å². The third-order valence-electron chi connectivity index (χ3n) is 4.80. The standard InChI is InChI=1S/C22H31N5O.HI/c1-4-27(5-2)20(18-11-7-6-8-12-18)16-26-22(24-3)25-15-17-10-9-13-19(14-17)21(23)28;/h6-14,20H,4-5,15-16H2,1-3H3,(H2,23,28)(H2,24,25,26);1H. The number of benzene rings is 2. The maximum absolute atomic E-state index is 11.3. The van der Waals surface area contributed by atoms with E-state index in [0.29, 0.717) is 12.1 Å². The predicted octanol–water partition coefficient (Wildman–Crippen LogP) is 3.15. The Kier molecular flexibility index (Phi) is 11.3. The molecule has 2 aromatic rings. The SMILES string of the molecule is CCN(CC)C(CNC(=NC)NCc1cccc(C(N)=O)c1)c1ccccc1.I. The maximum atomic E-state index is 11.3. The predicted molar refractivity (Wildman–Crippen MR) is 131 cm³/mol. The number of nitrogens with zero attached hydrogens (tertiary/aromatic N) is 2. The van der Waals surface area contributed by atoms with Crippen molar-refractivity contribution in [1.82, 2.24) is 15.5 Å². The average molecular weight is 509 g/mol. The normalized spacial score (nSPS) is 12.2. The number of likely N-dealkylation sites (N-methyl/N-ethyl adjacent to an activating group) is 1. The fraction of sp³-hybridized carbons (Fsp3) is 0.364. The minimum atomic E-state index is -0.422. The molecule has 0 aliphatic carbocycles. The van der Waals surface area contributed by atoms with E-state index in [9.17, 15) is 4.79 Å². The van der Waals surface area contributed by atoms with Crippen molar-refractivity contribution in [2.24, 2.45) is 10.7 Å². The van der Waals surface area contributed by atoms with E-state index in [1.54, 1.807) is 19.2 Å². The molecule has 1 amide bonds. The van der Waals surface area contributed by atoms with E-state index in [1.807, 2.05) is 18.2 Å². The molecular weight excluding hydrogens is 477 g/mol. The summed E-state index contributed by atoms with van der Waals surface area (Å²) >= 11 is 0. The molecule has 0 spiro atoms. The Hall–Kier alpha value is -2.13. The third kappa shape index (κ3) is 7.66. The molecule has 0 aliphatic heterocycles. The summed E-state index contributed by atoms with van der Waals surface area (Å²) in [4.78, 5) is 18.1. The van der Waals surface area contributed by atoms with Gasteiger partial charge in [-0.15, -0.1) is 24.0 Å². The Morgan fingerprint density at radius 2 is 1.76 bits per heavy atom. The van der Waals surface area contributed by atoms with Crippen LogP contribution in [0.25, 0.3) is 0 Å². The quantitative estimate of drug-likeness (QED) is 0.276. The number of halogens is 1. The Labute approximate surface area is 191 Å². The van der Waals surface area contributed by atoms with E-state index < -0.39 is 5.91 Å². The molecule has 6 nitrogen and oxygen atoms in total. The number of guanidine groups is 1. The lowest BCUT2D eigenvalue weighted by atomic mass is 10.1. The molecule has 1 unspecified atom stereocenters. The van der Waals surface area contributed by atoms with Crippen LogP contribution in [0.5, 0.6) is 0 Å². The summed E-state index contributed by atoms with van der Waals surface area (Å²) in [5.74, 6) is 0.298. The minimum absolute atomic E-state index is 0. The molecule has 2 aromatic carbocycles. The van der Waals surface area contributed by atoms with Gasteiger partial charge >= 0.3 is 0 Å². The van der Waals surface area contributed by atoms with Gasteiger partial charge in [-0.3, -0.25) is 14.7 Å². The number of carbonyl (C=O) groups is 1. The number of hydrogen-bond acceptors (Lipinski definition) is 3. The van der Waals surface area contributed by atoms with Crippen LogP contribution >= 0.6 is 24.0 Å². The highest BCUT2D eigenvalue weighted by Gasteiger charge is 2.18. The molecule has 2 rings (SSSR count). The number of carbonyl (C=O) groups excluding carboxylic acids is 1. The van der Waals surface area contributed by atoms with Crippen LogP contribution < -0.4 is 16.4 Å². The summed E-state index contributed by atoms with van der Waals surface area (Å²) in [6.07, 6.45) is 0. The summed E-state index contributed by atoms with van der Waals surface area (Å²) in [5.41, 5.74) is 8.12. The monoisotopic (exact) mass is 509 g/mol. The van der Waals surface area contributed by atoms with E-state index in [4.69, 9.17) is 5.73 Å². The van der Waals surface area contributed by atoms with Crippen LogP contribution in [0.4, 0.5) is 0 Å². The minimum Gasteiger partial charge on any atom is -0.366 e. The zero-order chi connectivity index (χ0) is 20.4. The third-order valence-corrected chi connectivity index (χ3v) is 4.80. The Balaban J connectivity index is 0.00000420. The van der Waals surface area contributed by atoms with Crippen LogP contribution in [-0.2, 0) is 6.54 Å². The van der Waals surface area contributed by atoms with Crippen molar-refractivity contribution in [3.05, 3.63) is 71.3 Å². The fourth-order valence-corrected chi connectivity index (χ4v) is 3.23. The van der Waals surface area contributed by atoms with Crippen LogP contribution in [0.15, 0.2) is 59.6 Å². The van der Waals surface area contributed by atoms with Gasteiger partial charge < -0.3 is 16.4 Å². The van der Waals surface area contributed by atoms with Gasteiger partial charge in [0, 0.05) is 25.7 Å². The smallest absolute Gasteiger partial charge is 0.248 e. The summed E-state index contributed by atoms with van der Waals surface area (Å²) in [7, 11) is 1.75. The maximum Gasteiger partial charge on any atom is 0.248 e. The molecule has 29 heavy (non-hydrogen) atoms. The molecule has 0 fully saturated rings. The zero-order valence-corrected chi connectivity index (χ0v) is 19.7. The number of rotatable bonds is 9. The summed E-state index contributed by atoms with van der Waals surface area (Å²) in [6, 6.07) is 18.1. The van der Waals surface area contributed by atoms with Crippen molar-refractivity contribution in [1.29, 1.82) is 0 Å². The van der Waals surface area contributed by atoms with Crippen molar-refractivity contribution in [3.8, 4) is 0 Å². The van der Waals surface area contributed by atoms with Crippen molar-refractivity contribution in [2.45, 2.75) is 26.4 Å². The lowest BCUT2D eigenvalue weighted by Gasteiger charge is -2.30. The number of amides is 1. The van der Waals surface area contributed by atoms with E-state index in [0.717, 1.165) is 31.2 Å². The molecule has 0 saturated heterocycles. The van der Waals surface area contributed by atoms with Crippen molar-refractivity contribution >= 4 is 35.8 Å². The Bertz CT molecular complexity index is 778. The van der Waals surface area contributed by atoms with Crippen molar-refractivity contribution < 1.29 is 4.79 Å². The van der Waals surface area contributed by atoms with E-state index >= 15 is 0 Å². The number of nitrogens with one attached hydrogen (secondary N) is 2. The molecule has 0 aromatic heterocycles. The molecular formula is C22H32IN5O. The fourth-order valence-electron chi connectivity index (χ4n) is 3.23. The highest BCUT2D eigenvalue weighted by molar-refractivity contribution is 14.0. The van der Waals surface area contributed by atoms with E-state index in [2.05, 4.69) is 58.6 Å². The van der Waals surface area contributed by atoms with Crippen LogP contribution in [0, 0.1) is 0 Å². The second kappa shape index (κ2) is 13.2. The largest absolute Gasteiger partial charge is 0.366 e. The Morgan fingerprint density at radius 1 is 1.07 bits per heavy atom. The van der Waals surface area contributed by atoms with Gasteiger partial charge in [-0.25, -0.2) is 0 Å². The van der Waals surface area contributed by atoms with Crippen LogP contribution in [0.1, 0.15) is 41.4 Å². The molecule has 1 atom stereocenters. The van der Waals surface area contributed by atoms with Gasteiger partial charge in [-0.1, -0.05) is 56.3 Å². The van der Waals surface area contributed by atoms with E-state index in [1.165, 1.54) is 5.56 Å². The number of primary amides is 1. The van der Waals surface area contributed by atoms with Gasteiger partial charge in [0.2, 0.25) is 5.91 Å². The van der Waals surface area contributed by atoms with E-state index in [-0.39, 0.29) is 30.0 Å². The van der Waals surface area contributed by atoms with Gasteiger partial charge in [-0.05, 0) is 36.3 Å². The first-order chi connectivity index (χ1) is 13.6. The molecule has 7 heteroatoms. The number of hydrogen-bond donors (Lipinski definition) is 3. The highest BCUT2D eigenvalue weighted by atomic mass is 127. The van der Waals surface area contributed by atoms with Crippen LogP contribution in [0.2, 0.25) is 0 Å². The molecule has 0 heterocycles. The molecule has 158 valence electrons. The summed E-state index contributed by atoms with van der Waals surface area (Å²) < 4.78 is 0. The Morgan fingerprint density at radius 3 is 2.34 bits per heavy atom. The summed E-state index contributed by atoms with van der Waals surface area (Å²) in [5, 5.41) is 6.73. The molecule has 0 aliphatic rings. The first kappa shape index (κ1) is 24.9. The molecule has 0 saturated carbocycles. The van der Waals surface area contributed by atoms with Crippen LogP contribution in [0.3, 0.4) is 0 Å². The first-order valence-electron chi connectivity index (χ1n) is 9.71. The van der Waals surface area contributed by atoms with Gasteiger partial charge in [0.1, 0.15) is 0 Å². The second-order valence-electron chi connectivity index (χ2n) is 6.52. The van der Waals surface area contributed by atoms with Crippen LogP contribution in [-0.4, -0.2) is 43.4 Å². The van der Waals surface area contributed by atoms with Gasteiger partial charge in [-0.2, -0.15) is 0 Å². The zero-order valence-electron chi connectivity index (χ0n) is 17.4. The number of nitrogens with two attached hydrogens (primary N) is 1. The second-order valence-corrected chi connectivity index (χ2v) is 6.52. The molecule has 4 N–H and O–H groups in total. The van der Waals surface area contributed by atoms with Gasteiger partial charge in [0.25, 0.3) is 0 Å². The topological polar surface area (TPSA) is 82.8 Å².